The molecule has 0 radical (unpaired) electrons. The van der Waals surface area contributed by atoms with Gasteiger partial charge in [0.1, 0.15) is 11.9 Å². The van der Waals surface area contributed by atoms with Crippen LogP contribution in [0.3, 0.4) is 0 Å². The molecule has 37 heavy (non-hydrogen) atoms. The number of nitrogens with one attached hydrogen (secondary N) is 4. The first-order valence-corrected chi connectivity index (χ1v) is 13.5. The van der Waals surface area contributed by atoms with Gasteiger partial charge in [0.25, 0.3) is 5.91 Å². The third-order valence-corrected chi connectivity index (χ3v) is 6.87. The van der Waals surface area contributed by atoms with Crippen LogP contribution in [0.1, 0.15) is 47.1 Å². The van der Waals surface area contributed by atoms with E-state index in [1.165, 1.54) is 16.9 Å². The highest BCUT2D eigenvalue weighted by molar-refractivity contribution is 7.07. The van der Waals surface area contributed by atoms with Crippen LogP contribution in [0, 0.1) is 6.92 Å². The molecule has 0 spiro atoms. The lowest BCUT2D eigenvalue weighted by molar-refractivity contribution is -0.127. The molecule has 10 heteroatoms. The van der Waals surface area contributed by atoms with E-state index in [-0.39, 0.29) is 11.8 Å². The Hall–Kier alpha value is -3.47. The molecule has 1 aliphatic rings. The molecule has 0 aliphatic carbocycles. The largest absolute Gasteiger partial charge is 0.383 e. The van der Waals surface area contributed by atoms with Crippen LogP contribution in [0.2, 0.25) is 0 Å². The van der Waals surface area contributed by atoms with Gasteiger partial charge < -0.3 is 26.0 Å². The number of nitrogens with zero attached hydrogens (tertiary/aromatic N) is 2. The van der Waals surface area contributed by atoms with Gasteiger partial charge in [0.05, 0.1) is 16.9 Å². The minimum Gasteiger partial charge on any atom is -0.383 e. The first-order chi connectivity index (χ1) is 18.0. The van der Waals surface area contributed by atoms with Crippen molar-refractivity contribution in [2.75, 3.05) is 48.7 Å². The molecule has 2 aromatic carbocycles. The Bertz CT molecular complexity index is 1190. The number of benzene rings is 2. The fourth-order valence-corrected chi connectivity index (χ4v) is 4.77. The average Bonchev–Trinajstić information content (AvgIpc) is 3.58. The zero-order valence-electron chi connectivity index (χ0n) is 21.0. The van der Waals surface area contributed by atoms with E-state index in [4.69, 9.17) is 0 Å². The highest BCUT2D eigenvalue weighted by Gasteiger charge is 2.19. The Labute approximate surface area is 221 Å². The molecule has 1 atom stereocenters. The van der Waals surface area contributed by atoms with Gasteiger partial charge in [0.2, 0.25) is 5.91 Å². The lowest BCUT2D eigenvalue weighted by Crippen LogP contribution is -2.29. The SMILES string of the molecule is Cc1ccccc1NCCNc1ccc(C(O)NCCCN2CCCC2=O)cc1NC(=O)c1cscn1. The summed E-state index contributed by atoms with van der Waals surface area (Å²) in [6, 6.07) is 13.6. The maximum Gasteiger partial charge on any atom is 0.275 e. The molecule has 0 saturated carbocycles. The average molecular weight is 523 g/mol. The summed E-state index contributed by atoms with van der Waals surface area (Å²) in [6.45, 7) is 5.45. The topological polar surface area (TPSA) is 119 Å². The van der Waals surface area contributed by atoms with Crippen molar-refractivity contribution < 1.29 is 14.7 Å². The first kappa shape index (κ1) is 26.6. The third kappa shape index (κ3) is 7.51. The summed E-state index contributed by atoms with van der Waals surface area (Å²) in [7, 11) is 0. The van der Waals surface area contributed by atoms with E-state index in [2.05, 4.69) is 39.2 Å². The van der Waals surface area contributed by atoms with Crippen molar-refractivity contribution >= 4 is 40.2 Å². The summed E-state index contributed by atoms with van der Waals surface area (Å²) >= 11 is 1.36. The molecular weight excluding hydrogens is 488 g/mol. The predicted octanol–water partition coefficient (Wildman–Crippen LogP) is 3.82. The molecular formula is C27H34N6O3S. The number of aliphatic hydroxyl groups excluding tert-OH is 1. The quantitative estimate of drug-likeness (QED) is 0.171. The maximum atomic E-state index is 12.7. The summed E-state index contributed by atoms with van der Waals surface area (Å²) < 4.78 is 0. The molecule has 1 aromatic heterocycles. The van der Waals surface area contributed by atoms with E-state index in [0.717, 1.165) is 30.8 Å². The molecule has 1 fully saturated rings. The molecule has 2 heterocycles. The predicted molar refractivity (Wildman–Crippen MR) is 148 cm³/mol. The summed E-state index contributed by atoms with van der Waals surface area (Å²) in [5.41, 5.74) is 6.17. The summed E-state index contributed by atoms with van der Waals surface area (Å²) in [4.78, 5) is 30.4. The highest BCUT2D eigenvalue weighted by atomic mass is 32.1. The van der Waals surface area contributed by atoms with Crippen molar-refractivity contribution in [2.45, 2.75) is 32.4 Å². The number of para-hydroxylation sites is 1. The lowest BCUT2D eigenvalue weighted by atomic mass is 10.1. The molecule has 9 nitrogen and oxygen atoms in total. The second-order valence-electron chi connectivity index (χ2n) is 9.00. The maximum absolute atomic E-state index is 12.7. The van der Waals surface area contributed by atoms with Gasteiger partial charge in [-0.15, -0.1) is 11.3 Å². The Kier molecular flexibility index (Phi) is 9.47. The van der Waals surface area contributed by atoms with Gasteiger partial charge in [0.15, 0.2) is 0 Å². The zero-order chi connectivity index (χ0) is 26.0. The van der Waals surface area contributed by atoms with Crippen LogP contribution in [0.4, 0.5) is 17.1 Å². The summed E-state index contributed by atoms with van der Waals surface area (Å²) in [5, 5.41) is 25.2. The van der Waals surface area contributed by atoms with Crippen molar-refractivity contribution in [1.82, 2.24) is 15.2 Å². The van der Waals surface area contributed by atoms with Crippen LogP contribution in [0.5, 0.6) is 0 Å². The van der Waals surface area contributed by atoms with E-state index in [1.54, 1.807) is 17.0 Å². The fraction of sp³-hybridized carbons (Fsp3) is 0.370. The Morgan fingerprint density at radius 2 is 1.92 bits per heavy atom. The van der Waals surface area contributed by atoms with E-state index >= 15 is 0 Å². The van der Waals surface area contributed by atoms with Crippen molar-refractivity contribution in [2.24, 2.45) is 0 Å². The monoisotopic (exact) mass is 522 g/mol. The zero-order valence-corrected chi connectivity index (χ0v) is 21.8. The first-order valence-electron chi connectivity index (χ1n) is 12.6. The second kappa shape index (κ2) is 13.2. The normalized spacial score (nSPS) is 14.0. The number of anilines is 3. The van der Waals surface area contributed by atoms with E-state index in [0.29, 0.717) is 49.5 Å². The van der Waals surface area contributed by atoms with Gasteiger partial charge in [0, 0.05) is 43.7 Å². The number of hydrogen-bond acceptors (Lipinski definition) is 8. The van der Waals surface area contributed by atoms with Crippen molar-refractivity contribution in [3.63, 3.8) is 0 Å². The second-order valence-corrected chi connectivity index (χ2v) is 9.71. The number of amides is 2. The fourth-order valence-electron chi connectivity index (χ4n) is 4.23. The van der Waals surface area contributed by atoms with Crippen molar-refractivity contribution in [1.29, 1.82) is 0 Å². The number of carbonyl (C=O) groups excluding carboxylic acids is 2. The minimum atomic E-state index is -0.902. The number of likely N-dealkylation sites (tertiary alicyclic amines) is 1. The Morgan fingerprint density at radius 3 is 2.65 bits per heavy atom. The number of aliphatic hydroxyl groups is 1. The van der Waals surface area contributed by atoms with Crippen LogP contribution >= 0.6 is 11.3 Å². The number of aryl methyl sites for hydroxylation is 1. The van der Waals surface area contributed by atoms with Gasteiger partial charge in [-0.1, -0.05) is 24.3 Å². The molecule has 196 valence electrons. The van der Waals surface area contributed by atoms with Gasteiger partial charge in [-0.05, 0) is 55.6 Å². The van der Waals surface area contributed by atoms with E-state index in [1.807, 2.05) is 35.2 Å². The summed E-state index contributed by atoms with van der Waals surface area (Å²) in [6.07, 6.45) is 1.41. The number of thiazole rings is 1. The number of carbonyl (C=O) groups is 2. The standard InChI is InChI=1S/C27H34N6O3S/c1-19-6-2-3-7-21(19)28-12-13-29-22-10-9-20(16-23(22)32-27(36)24-17-37-18-31-24)26(35)30-11-5-15-33-14-4-8-25(33)34/h2-3,6-7,9-10,16-18,26,28-30,35H,4-5,8,11-15H2,1H3,(H,32,36). The van der Waals surface area contributed by atoms with Crippen LogP contribution in [0.25, 0.3) is 0 Å². The van der Waals surface area contributed by atoms with Crippen LogP contribution in [-0.4, -0.2) is 59.5 Å². The Morgan fingerprint density at radius 1 is 1.11 bits per heavy atom. The molecule has 1 unspecified atom stereocenters. The van der Waals surface area contributed by atoms with Crippen LogP contribution < -0.4 is 21.3 Å². The van der Waals surface area contributed by atoms with Gasteiger partial charge >= 0.3 is 0 Å². The van der Waals surface area contributed by atoms with E-state index < -0.39 is 6.23 Å². The van der Waals surface area contributed by atoms with Crippen molar-refractivity contribution in [3.8, 4) is 0 Å². The van der Waals surface area contributed by atoms with Gasteiger partial charge in [-0.3, -0.25) is 14.9 Å². The molecule has 5 N–H and O–H groups in total. The molecule has 1 saturated heterocycles. The molecule has 4 rings (SSSR count). The highest BCUT2D eigenvalue weighted by Crippen LogP contribution is 2.26. The third-order valence-electron chi connectivity index (χ3n) is 6.29. The smallest absolute Gasteiger partial charge is 0.275 e. The molecule has 0 bridgehead atoms. The molecule has 3 aromatic rings. The van der Waals surface area contributed by atoms with Gasteiger partial charge in [-0.25, -0.2) is 4.98 Å². The number of rotatable bonds is 13. The van der Waals surface area contributed by atoms with Crippen molar-refractivity contribution in [3.05, 3.63) is 70.2 Å². The van der Waals surface area contributed by atoms with E-state index in [9.17, 15) is 14.7 Å². The van der Waals surface area contributed by atoms with Crippen LogP contribution in [-0.2, 0) is 4.79 Å². The minimum absolute atomic E-state index is 0.207. The molecule has 1 aliphatic heterocycles. The van der Waals surface area contributed by atoms with Gasteiger partial charge in [-0.2, -0.15) is 0 Å². The Balaban J connectivity index is 1.36. The number of hydrogen-bond donors (Lipinski definition) is 5. The summed E-state index contributed by atoms with van der Waals surface area (Å²) in [5.74, 6) is -0.101. The molecule has 2 amide bonds. The van der Waals surface area contributed by atoms with Crippen LogP contribution in [0.15, 0.2) is 53.4 Å². The number of aromatic nitrogens is 1. The lowest BCUT2D eigenvalue weighted by Gasteiger charge is -2.19.